The normalized spacial score (nSPS) is 16.4. The van der Waals surface area contributed by atoms with Crippen molar-refractivity contribution in [1.82, 2.24) is 30.3 Å². The number of carbonyl (C=O) groups is 3. The molecule has 4 rings (SSSR count). The molecule has 2 aromatic heterocycles. The molecule has 192 valence electrons. The third kappa shape index (κ3) is 5.15. The molecule has 0 spiro atoms. The van der Waals surface area contributed by atoms with E-state index in [1.807, 2.05) is 49.6 Å². The molecule has 36 heavy (non-hydrogen) atoms. The van der Waals surface area contributed by atoms with Crippen molar-refractivity contribution >= 4 is 57.2 Å². The van der Waals surface area contributed by atoms with Crippen LogP contribution in [0.1, 0.15) is 33.0 Å². The number of aromatic nitrogens is 3. The first-order valence-corrected chi connectivity index (χ1v) is 12.8. The van der Waals surface area contributed by atoms with Crippen LogP contribution in [0.25, 0.3) is 21.9 Å². The van der Waals surface area contributed by atoms with Crippen LogP contribution in [-0.4, -0.2) is 67.5 Å². The molecule has 4 N–H and O–H groups in total. The number of imidazole rings is 1. The number of thioether (sulfide) groups is 1. The number of hydrogen-bond acceptors (Lipinski definition) is 9. The lowest BCUT2D eigenvalue weighted by Gasteiger charge is -2.32. The van der Waals surface area contributed by atoms with Crippen LogP contribution >= 0.6 is 11.8 Å². The third-order valence-corrected chi connectivity index (χ3v) is 7.09. The molecule has 0 bridgehead atoms. The van der Waals surface area contributed by atoms with Gasteiger partial charge >= 0.3 is 0 Å². The van der Waals surface area contributed by atoms with E-state index in [9.17, 15) is 14.4 Å². The molecule has 0 aliphatic carbocycles. The molecule has 1 atom stereocenters. The molecule has 3 heterocycles. The van der Waals surface area contributed by atoms with E-state index >= 15 is 0 Å². The van der Waals surface area contributed by atoms with Crippen LogP contribution in [0.4, 0.5) is 5.82 Å². The maximum atomic E-state index is 13.0. The number of nitrogens with two attached hydrogens (primary N) is 1. The highest BCUT2D eigenvalue weighted by Crippen LogP contribution is 2.31. The number of hydrazine groups is 1. The predicted molar refractivity (Wildman–Crippen MR) is 139 cm³/mol. The zero-order chi connectivity index (χ0) is 26.0. The lowest BCUT2D eigenvalue weighted by molar-refractivity contribution is -0.144. The summed E-state index contributed by atoms with van der Waals surface area (Å²) in [4.78, 5) is 46.5. The number of nitrogen functional groups attached to an aromatic ring is 1. The predicted octanol–water partition coefficient (Wildman–Crippen LogP) is 1.59. The molecule has 1 aliphatic rings. The topological polar surface area (TPSA) is 144 Å². The molecule has 1 aromatic carbocycles. The molecule has 11 nitrogen and oxygen atoms in total. The van der Waals surface area contributed by atoms with E-state index in [2.05, 4.69) is 15.7 Å². The molecule has 0 radical (unpaired) electrons. The van der Waals surface area contributed by atoms with Gasteiger partial charge in [0, 0.05) is 32.0 Å². The monoisotopic (exact) mass is 513 g/mol. The first-order chi connectivity index (χ1) is 17.1. The quantitative estimate of drug-likeness (QED) is 0.344. The van der Waals surface area contributed by atoms with Crippen molar-refractivity contribution < 1.29 is 19.1 Å². The van der Waals surface area contributed by atoms with Crippen molar-refractivity contribution in [2.45, 2.75) is 51.1 Å². The van der Waals surface area contributed by atoms with Gasteiger partial charge in [0.1, 0.15) is 17.9 Å². The van der Waals surface area contributed by atoms with Gasteiger partial charge in [-0.15, -0.1) is 11.8 Å². The van der Waals surface area contributed by atoms with Gasteiger partial charge in [-0.3, -0.25) is 14.4 Å². The summed E-state index contributed by atoms with van der Waals surface area (Å²) in [5.41, 5.74) is 10.8. The molecule has 1 aliphatic heterocycles. The summed E-state index contributed by atoms with van der Waals surface area (Å²) in [5, 5.41) is 3.90. The van der Waals surface area contributed by atoms with Gasteiger partial charge in [0.2, 0.25) is 11.8 Å². The number of nitrogens with zero attached hydrogens (tertiary/aromatic N) is 4. The van der Waals surface area contributed by atoms with E-state index in [4.69, 9.17) is 15.5 Å². The Kier molecular flexibility index (Phi) is 7.48. The first-order valence-electron chi connectivity index (χ1n) is 11.7. The fraction of sp³-hybridized carbons (Fsp3) is 0.458. The van der Waals surface area contributed by atoms with E-state index in [1.165, 1.54) is 7.05 Å². The molecule has 0 saturated carbocycles. The molecule has 3 aromatic rings. The van der Waals surface area contributed by atoms with E-state index in [-0.39, 0.29) is 36.5 Å². The van der Waals surface area contributed by atoms with Crippen LogP contribution in [0.15, 0.2) is 24.3 Å². The maximum absolute atomic E-state index is 13.0. The van der Waals surface area contributed by atoms with Gasteiger partial charge in [-0.1, -0.05) is 18.2 Å². The number of amides is 3. The van der Waals surface area contributed by atoms with Gasteiger partial charge in [0.25, 0.3) is 5.91 Å². The van der Waals surface area contributed by atoms with Crippen LogP contribution in [0, 0.1) is 0 Å². The van der Waals surface area contributed by atoms with Gasteiger partial charge in [-0.2, -0.15) is 0 Å². The number of ether oxygens (including phenoxy) is 1. The van der Waals surface area contributed by atoms with Crippen molar-refractivity contribution in [3.05, 3.63) is 30.1 Å². The minimum absolute atomic E-state index is 0.0417. The fourth-order valence-corrected chi connectivity index (χ4v) is 5.22. The summed E-state index contributed by atoms with van der Waals surface area (Å²) in [6, 6.07) is 7.69. The number of nitrogens with one attached hydrogen (secondary N) is 2. The van der Waals surface area contributed by atoms with Crippen LogP contribution in [0.3, 0.4) is 0 Å². The summed E-state index contributed by atoms with van der Waals surface area (Å²) < 4.78 is 7.69. The first kappa shape index (κ1) is 25.9. The highest BCUT2D eigenvalue weighted by Gasteiger charge is 2.42. The van der Waals surface area contributed by atoms with E-state index in [0.29, 0.717) is 30.3 Å². The summed E-state index contributed by atoms with van der Waals surface area (Å²) in [5.74, 6) is 0.234. The lowest BCUT2D eigenvalue weighted by atomic mass is 10.1. The standard InChI is InChI=1S/C24H31N7O4S/c1-5-35-11-17-28-20-21(14-8-6-7-9-15(14)27-22(20)25)30(17)13-24(2,3)29-31-19(33)10-16(23(31)34)36-12-18(32)26-4/h6-9,16,29H,5,10-13H2,1-4H3,(H2,25,27)(H,26,32). The Hall–Kier alpha value is -3.22. The molecular formula is C24H31N7O4S. The van der Waals surface area contributed by atoms with E-state index < -0.39 is 10.8 Å². The average Bonchev–Trinajstić information content (AvgIpc) is 3.33. The summed E-state index contributed by atoms with van der Waals surface area (Å²) in [7, 11) is 1.54. The second-order valence-electron chi connectivity index (χ2n) is 9.20. The second-order valence-corrected chi connectivity index (χ2v) is 10.4. The molecule has 1 saturated heterocycles. The number of rotatable bonds is 10. The highest BCUT2D eigenvalue weighted by molar-refractivity contribution is 8.01. The number of para-hydroxylation sites is 1. The Bertz CT molecular complexity index is 1320. The number of fused-ring (bicyclic) bond motifs is 3. The number of carbonyl (C=O) groups excluding carboxylic acids is 3. The third-order valence-electron chi connectivity index (χ3n) is 5.89. The minimum Gasteiger partial charge on any atom is -0.382 e. The van der Waals surface area contributed by atoms with Crippen molar-refractivity contribution in [3.63, 3.8) is 0 Å². The average molecular weight is 514 g/mol. The Labute approximate surface area is 213 Å². The van der Waals surface area contributed by atoms with Crippen LogP contribution in [0.2, 0.25) is 0 Å². The minimum atomic E-state index is -0.737. The second kappa shape index (κ2) is 10.4. The summed E-state index contributed by atoms with van der Waals surface area (Å²) >= 11 is 1.16. The van der Waals surface area contributed by atoms with E-state index in [0.717, 1.165) is 33.2 Å². The number of imide groups is 1. The van der Waals surface area contributed by atoms with Gasteiger partial charge in [-0.25, -0.2) is 20.4 Å². The zero-order valence-electron chi connectivity index (χ0n) is 20.8. The number of pyridine rings is 1. The van der Waals surface area contributed by atoms with Gasteiger partial charge in [-0.05, 0) is 26.8 Å². The lowest BCUT2D eigenvalue weighted by Crippen LogP contribution is -2.55. The SMILES string of the molecule is CCOCc1nc2c(N)nc3ccccc3c2n1CC(C)(C)NN1C(=O)CC(SCC(=O)NC)C1=O. The van der Waals surface area contributed by atoms with Gasteiger partial charge in [0.15, 0.2) is 5.82 Å². The molecule has 1 fully saturated rings. The zero-order valence-corrected chi connectivity index (χ0v) is 21.6. The molecule has 1 unspecified atom stereocenters. The van der Waals surface area contributed by atoms with Crippen LogP contribution in [-0.2, 0) is 32.3 Å². The Morgan fingerprint density at radius 1 is 1.28 bits per heavy atom. The van der Waals surface area contributed by atoms with Crippen molar-refractivity contribution in [1.29, 1.82) is 0 Å². The summed E-state index contributed by atoms with van der Waals surface area (Å²) in [6.07, 6.45) is 0.0417. The van der Waals surface area contributed by atoms with Crippen molar-refractivity contribution in [2.24, 2.45) is 0 Å². The maximum Gasteiger partial charge on any atom is 0.257 e. The molecule has 12 heteroatoms. The number of anilines is 1. The van der Waals surface area contributed by atoms with E-state index in [1.54, 1.807) is 0 Å². The fourth-order valence-electron chi connectivity index (χ4n) is 4.21. The van der Waals surface area contributed by atoms with Gasteiger partial charge in [0.05, 0.1) is 27.6 Å². The number of hydrogen-bond donors (Lipinski definition) is 3. The smallest absolute Gasteiger partial charge is 0.257 e. The van der Waals surface area contributed by atoms with Crippen LogP contribution < -0.4 is 16.5 Å². The van der Waals surface area contributed by atoms with Gasteiger partial charge < -0.3 is 20.4 Å². The van der Waals surface area contributed by atoms with Crippen molar-refractivity contribution in [3.8, 4) is 0 Å². The van der Waals surface area contributed by atoms with Crippen molar-refractivity contribution in [2.75, 3.05) is 25.1 Å². The number of benzene rings is 1. The molecular weight excluding hydrogens is 482 g/mol. The largest absolute Gasteiger partial charge is 0.382 e. The highest BCUT2D eigenvalue weighted by atomic mass is 32.2. The Balaban J connectivity index is 1.64. The Morgan fingerprint density at radius 3 is 2.75 bits per heavy atom. The summed E-state index contributed by atoms with van der Waals surface area (Å²) in [6.45, 7) is 6.88. The molecule has 3 amide bonds. The van der Waals surface area contributed by atoms with Crippen LogP contribution in [0.5, 0.6) is 0 Å². The Morgan fingerprint density at radius 2 is 2.03 bits per heavy atom.